The first-order valence-electron chi connectivity index (χ1n) is 9.57. The quantitative estimate of drug-likeness (QED) is 0.670. The Kier molecular flexibility index (Phi) is 3.31. The van der Waals surface area contributed by atoms with E-state index in [4.69, 9.17) is 12.8 Å². The van der Waals surface area contributed by atoms with Crippen LogP contribution in [0.4, 0.5) is 0 Å². The highest BCUT2D eigenvalue weighted by Crippen LogP contribution is 2.69. The molecule has 2 nitrogen and oxygen atoms in total. The zero-order valence-electron chi connectivity index (χ0n) is 15.0. The van der Waals surface area contributed by atoms with Crippen molar-refractivity contribution >= 4 is 0 Å². The third-order valence-electron chi connectivity index (χ3n) is 8.63. The molecule has 4 saturated carbocycles. The summed E-state index contributed by atoms with van der Waals surface area (Å²) in [5, 5.41) is 21.5. The van der Waals surface area contributed by atoms with Gasteiger partial charge in [-0.2, -0.15) is 0 Å². The predicted molar refractivity (Wildman–Crippen MR) is 94.7 cm³/mol. The van der Waals surface area contributed by atoms with Gasteiger partial charge in [0, 0.05) is 0 Å². The van der Waals surface area contributed by atoms with Crippen molar-refractivity contribution in [2.75, 3.05) is 0 Å². The van der Waals surface area contributed by atoms with Crippen LogP contribution in [-0.2, 0) is 0 Å². The summed E-state index contributed by atoms with van der Waals surface area (Å²) in [6.45, 7) is 4.71. The van der Waals surface area contributed by atoms with E-state index in [1.807, 2.05) is 0 Å². The highest BCUT2D eigenvalue weighted by Gasteiger charge is 2.64. The molecule has 0 saturated heterocycles. The molecule has 4 fully saturated rings. The van der Waals surface area contributed by atoms with E-state index >= 15 is 0 Å². The van der Waals surface area contributed by atoms with Gasteiger partial charge in [-0.05, 0) is 85.9 Å². The summed E-state index contributed by atoms with van der Waals surface area (Å²) in [7, 11) is 0. The van der Waals surface area contributed by atoms with Crippen LogP contribution in [0.3, 0.4) is 0 Å². The van der Waals surface area contributed by atoms with Crippen LogP contribution in [-0.4, -0.2) is 21.4 Å². The monoisotopic (exact) mass is 326 g/mol. The van der Waals surface area contributed by atoms with Crippen molar-refractivity contribution < 1.29 is 10.2 Å². The molecule has 0 aromatic heterocycles. The molecule has 0 aromatic carbocycles. The molecular formula is C22H30O2. The maximum absolute atomic E-state index is 10.8. The number of hydrogen-bond acceptors (Lipinski definition) is 2. The fourth-order valence-corrected chi connectivity index (χ4v) is 7.59. The highest BCUT2D eigenvalue weighted by atomic mass is 16.3. The number of rotatable bonds is 0. The second-order valence-corrected chi connectivity index (χ2v) is 9.96. The van der Waals surface area contributed by atoms with Crippen LogP contribution in [0.25, 0.3) is 0 Å². The standard InChI is InChI=1S/C22H30O2/c1-5-21(23)11-15-7-8-16-17(20(15,4)14-21)9-10-19(3)13-22(24,6-2)12-18(16)19/h1-2,15-18,23-24H,7-14H2,3-4H3/t15-,16+,17-,18-,19+,20-,21+,22-/m0/s1. The van der Waals surface area contributed by atoms with E-state index in [-0.39, 0.29) is 10.8 Å². The van der Waals surface area contributed by atoms with Gasteiger partial charge in [-0.15, -0.1) is 12.8 Å². The Morgan fingerprint density at radius 2 is 1.54 bits per heavy atom. The van der Waals surface area contributed by atoms with Gasteiger partial charge in [-0.3, -0.25) is 0 Å². The summed E-state index contributed by atoms with van der Waals surface area (Å²) in [4.78, 5) is 0. The van der Waals surface area contributed by atoms with Crippen LogP contribution in [0, 0.1) is 59.2 Å². The van der Waals surface area contributed by atoms with Crippen LogP contribution in [0.15, 0.2) is 0 Å². The molecule has 130 valence electrons. The van der Waals surface area contributed by atoms with Crippen LogP contribution >= 0.6 is 0 Å². The minimum Gasteiger partial charge on any atom is -0.378 e. The summed E-state index contributed by atoms with van der Waals surface area (Å²) in [5.74, 6) is 7.64. The topological polar surface area (TPSA) is 40.5 Å². The summed E-state index contributed by atoms with van der Waals surface area (Å²) >= 11 is 0. The summed E-state index contributed by atoms with van der Waals surface area (Å²) in [6.07, 6.45) is 19.0. The van der Waals surface area contributed by atoms with Crippen LogP contribution in [0.1, 0.15) is 65.2 Å². The first-order valence-corrected chi connectivity index (χ1v) is 9.57. The molecule has 24 heavy (non-hydrogen) atoms. The minimum absolute atomic E-state index is 0.141. The molecule has 2 heteroatoms. The van der Waals surface area contributed by atoms with Gasteiger partial charge in [-0.1, -0.05) is 25.7 Å². The molecule has 4 aliphatic carbocycles. The maximum Gasteiger partial charge on any atom is 0.126 e. The van der Waals surface area contributed by atoms with Gasteiger partial charge in [0.25, 0.3) is 0 Å². The number of fused-ring (bicyclic) bond motifs is 5. The smallest absolute Gasteiger partial charge is 0.126 e. The van der Waals surface area contributed by atoms with Gasteiger partial charge in [0.2, 0.25) is 0 Å². The molecule has 0 aromatic rings. The van der Waals surface area contributed by atoms with Crippen molar-refractivity contribution in [1.29, 1.82) is 0 Å². The largest absolute Gasteiger partial charge is 0.378 e. The van der Waals surface area contributed by atoms with Gasteiger partial charge in [-0.25, -0.2) is 0 Å². The van der Waals surface area contributed by atoms with Crippen molar-refractivity contribution in [2.24, 2.45) is 34.5 Å². The maximum atomic E-state index is 10.8. The Morgan fingerprint density at radius 3 is 2.21 bits per heavy atom. The van der Waals surface area contributed by atoms with Gasteiger partial charge < -0.3 is 10.2 Å². The summed E-state index contributed by atoms with van der Waals surface area (Å²) in [5.41, 5.74) is -1.51. The van der Waals surface area contributed by atoms with E-state index in [1.54, 1.807) is 0 Å². The molecule has 0 radical (unpaired) electrons. The summed E-state index contributed by atoms with van der Waals surface area (Å²) in [6, 6.07) is 0. The van der Waals surface area contributed by atoms with E-state index in [0.717, 1.165) is 38.5 Å². The fourth-order valence-electron chi connectivity index (χ4n) is 7.59. The summed E-state index contributed by atoms with van der Waals surface area (Å²) < 4.78 is 0. The minimum atomic E-state index is -0.915. The molecule has 0 bridgehead atoms. The first kappa shape index (κ1) is 16.5. The second-order valence-electron chi connectivity index (χ2n) is 9.96. The molecular weight excluding hydrogens is 296 g/mol. The molecule has 0 aliphatic heterocycles. The molecule has 0 amide bonds. The van der Waals surface area contributed by atoms with E-state index in [1.165, 1.54) is 12.8 Å². The molecule has 4 aliphatic rings. The molecule has 4 rings (SSSR count). The predicted octanol–water partition coefficient (Wildman–Crippen LogP) is 3.37. The lowest BCUT2D eigenvalue weighted by Crippen LogP contribution is -2.49. The fraction of sp³-hybridized carbons (Fsp3) is 0.818. The Bertz CT molecular complexity index is 641. The van der Waals surface area contributed by atoms with Crippen LogP contribution < -0.4 is 0 Å². The van der Waals surface area contributed by atoms with Crippen molar-refractivity contribution in [1.82, 2.24) is 0 Å². The Balaban J connectivity index is 1.66. The lowest BCUT2D eigenvalue weighted by molar-refractivity contribution is -0.0767. The zero-order chi connectivity index (χ0) is 17.4. The first-order chi connectivity index (χ1) is 11.2. The number of terminal acetylenes is 2. The van der Waals surface area contributed by atoms with Crippen molar-refractivity contribution in [3.05, 3.63) is 0 Å². The highest BCUT2D eigenvalue weighted by molar-refractivity contribution is 5.22. The Hall–Kier alpha value is -0.960. The lowest BCUT2D eigenvalue weighted by atomic mass is 9.48. The molecule has 2 N–H and O–H groups in total. The molecule has 8 atom stereocenters. The van der Waals surface area contributed by atoms with Crippen molar-refractivity contribution in [2.45, 2.75) is 76.4 Å². The average Bonchev–Trinajstić information content (AvgIpc) is 2.97. The van der Waals surface area contributed by atoms with E-state index in [0.29, 0.717) is 23.7 Å². The van der Waals surface area contributed by atoms with E-state index in [9.17, 15) is 10.2 Å². The van der Waals surface area contributed by atoms with E-state index in [2.05, 4.69) is 25.7 Å². The van der Waals surface area contributed by atoms with Gasteiger partial charge in [0.1, 0.15) is 11.2 Å². The van der Waals surface area contributed by atoms with Crippen molar-refractivity contribution in [3.63, 3.8) is 0 Å². The lowest BCUT2D eigenvalue weighted by Gasteiger charge is -2.56. The van der Waals surface area contributed by atoms with Crippen LogP contribution in [0.5, 0.6) is 0 Å². The Labute approximate surface area is 146 Å². The van der Waals surface area contributed by atoms with Crippen molar-refractivity contribution in [3.8, 4) is 24.7 Å². The molecule has 0 spiro atoms. The van der Waals surface area contributed by atoms with Gasteiger partial charge in [0.15, 0.2) is 0 Å². The SMILES string of the molecule is C#C[C@@]1(O)C[C@@H]2CC[C@H]3[C@@H]4C[C@@](O)(C#C)C[C@@]4(C)CC[C@@H]3[C@@]2(C)C1. The zero-order valence-corrected chi connectivity index (χ0v) is 15.0. The second kappa shape index (κ2) is 4.81. The van der Waals surface area contributed by atoms with Crippen LogP contribution in [0.2, 0.25) is 0 Å². The average molecular weight is 326 g/mol. The van der Waals surface area contributed by atoms with Gasteiger partial charge >= 0.3 is 0 Å². The molecule has 0 unspecified atom stereocenters. The third kappa shape index (κ3) is 2.06. The van der Waals surface area contributed by atoms with Gasteiger partial charge in [0.05, 0.1) is 0 Å². The number of aliphatic hydroxyl groups is 2. The normalized spacial score (nSPS) is 58.9. The Morgan fingerprint density at radius 1 is 0.875 bits per heavy atom. The number of hydrogen-bond donors (Lipinski definition) is 2. The molecule has 0 heterocycles. The van der Waals surface area contributed by atoms with E-state index < -0.39 is 11.2 Å². The third-order valence-corrected chi connectivity index (χ3v) is 8.63.